The quantitative estimate of drug-likeness (QED) is 0.860. The normalized spacial score (nSPS) is 17.5. The fourth-order valence-electron chi connectivity index (χ4n) is 3.70. The van der Waals surface area contributed by atoms with Gasteiger partial charge in [0.05, 0.1) is 16.5 Å². The number of carbonyl (C=O) groups is 1. The molecule has 0 aromatic heterocycles. The maximum atomic E-state index is 12.9. The van der Waals surface area contributed by atoms with Gasteiger partial charge in [-0.15, -0.1) is 0 Å². The fourth-order valence-corrected chi connectivity index (χ4v) is 5.28. The minimum absolute atomic E-state index is 0.242. The highest BCUT2D eigenvalue weighted by atomic mass is 32.2. The Morgan fingerprint density at radius 2 is 1.78 bits per heavy atom. The van der Waals surface area contributed by atoms with Crippen molar-refractivity contribution in [2.75, 3.05) is 16.7 Å². The van der Waals surface area contributed by atoms with Gasteiger partial charge >= 0.3 is 0 Å². The monoisotopic (exact) mass is 386 g/mol. The smallest absolute Gasteiger partial charge is 0.261 e. The van der Waals surface area contributed by atoms with E-state index >= 15 is 0 Å². The molecule has 0 unspecified atom stereocenters. The summed E-state index contributed by atoms with van der Waals surface area (Å²) in [7, 11) is -1.79. The van der Waals surface area contributed by atoms with E-state index in [1.807, 2.05) is 18.2 Å². The summed E-state index contributed by atoms with van der Waals surface area (Å²) in [5, 5.41) is -0.371. The summed E-state index contributed by atoms with van der Waals surface area (Å²) in [5.74, 6) is 0.758. The highest BCUT2D eigenvalue weighted by Gasteiger charge is 2.29. The summed E-state index contributed by atoms with van der Waals surface area (Å²) in [5.41, 5.74) is 1.39. The summed E-state index contributed by atoms with van der Waals surface area (Å²) in [6.07, 6.45) is 4.32. The molecule has 0 saturated heterocycles. The molecule has 142 valence electrons. The second kappa shape index (κ2) is 6.88. The van der Waals surface area contributed by atoms with Crippen molar-refractivity contribution in [1.29, 1.82) is 0 Å². The van der Waals surface area contributed by atoms with E-state index in [4.69, 9.17) is 4.74 Å². The molecule has 1 aliphatic heterocycles. The first-order chi connectivity index (χ1) is 13.0. The number of fused-ring (bicyclic) bond motifs is 2. The van der Waals surface area contributed by atoms with Crippen molar-refractivity contribution in [3.05, 3.63) is 48.0 Å². The van der Waals surface area contributed by atoms with Gasteiger partial charge in [0.15, 0.2) is 5.75 Å². The Hall–Kier alpha value is -2.54. The zero-order valence-corrected chi connectivity index (χ0v) is 16.0. The summed E-state index contributed by atoms with van der Waals surface area (Å²) < 4.78 is 33.9. The number of hydrogen-bond acceptors (Lipinski definition) is 4. The Labute approximate surface area is 159 Å². The fraction of sp³-hybridized carbons (Fsp3) is 0.350. The van der Waals surface area contributed by atoms with Crippen molar-refractivity contribution in [1.82, 2.24) is 0 Å². The molecule has 2 aliphatic rings. The standard InChI is InChI=1S/C20H22N2O4S/c1-22-17-9-5-6-10-19(17)26-18-12-11-14(13-16(18)20(22)23)21-27(24,25)15-7-3-2-4-8-15/h5-6,9-13,15,21H,2-4,7-8H2,1H3. The van der Waals surface area contributed by atoms with Crippen molar-refractivity contribution < 1.29 is 17.9 Å². The van der Waals surface area contributed by atoms with Gasteiger partial charge in [-0.3, -0.25) is 9.52 Å². The molecular formula is C20H22N2O4S. The molecule has 0 bridgehead atoms. The summed E-state index contributed by atoms with van der Waals surface area (Å²) in [6, 6.07) is 12.1. The van der Waals surface area contributed by atoms with Gasteiger partial charge in [0.2, 0.25) is 10.0 Å². The van der Waals surface area contributed by atoms with Crippen LogP contribution in [0.3, 0.4) is 0 Å². The van der Waals surface area contributed by atoms with Crippen molar-refractivity contribution >= 4 is 27.3 Å². The van der Waals surface area contributed by atoms with Crippen LogP contribution in [0.5, 0.6) is 11.5 Å². The van der Waals surface area contributed by atoms with E-state index in [0.717, 1.165) is 19.3 Å². The van der Waals surface area contributed by atoms with Crippen molar-refractivity contribution in [3.8, 4) is 11.5 Å². The third kappa shape index (κ3) is 3.39. The predicted octanol–water partition coefficient (Wildman–Crippen LogP) is 4.14. The largest absolute Gasteiger partial charge is 0.454 e. The molecule has 1 amide bonds. The minimum Gasteiger partial charge on any atom is -0.454 e. The number of benzene rings is 2. The summed E-state index contributed by atoms with van der Waals surface area (Å²) in [6.45, 7) is 0. The molecule has 0 atom stereocenters. The number of rotatable bonds is 3. The van der Waals surface area contributed by atoms with Crippen molar-refractivity contribution in [2.24, 2.45) is 0 Å². The van der Waals surface area contributed by atoms with Crippen molar-refractivity contribution in [3.63, 3.8) is 0 Å². The number of nitrogens with zero attached hydrogens (tertiary/aromatic N) is 1. The molecular weight excluding hydrogens is 364 g/mol. The first-order valence-corrected chi connectivity index (χ1v) is 10.7. The Balaban J connectivity index is 1.65. The number of sulfonamides is 1. The third-order valence-corrected chi connectivity index (χ3v) is 7.08. The molecule has 1 aliphatic carbocycles. The first kappa shape index (κ1) is 17.9. The zero-order valence-electron chi connectivity index (χ0n) is 15.1. The van der Waals surface area contributed by atoms with Crippen LogP contribution in [0.15, 0.2) is 42.5 Å². The molecule has 1 fully saturated rings. The van der Waals surface area contributed by atoms with Crippen LogP contribution in [0.4, 0.5) is 11.4 Å². The second-order valence-corrected chi connectivity index (χ2v) is 9.01. The summed E-state index contributed by atoms with van der Waals surface area (Å²) >= 11 is 0. The molecule has 1 N–H and O–H groups in total. The molecule has 4 rings (SSSR count). The average Bonchev–Trinajstić information content (AvgIpc) is 2.78. The number of para-hydroxylation sites is 2. The van der Waals surface area contributed by atoms with Crippen LogP contribution in [0.1, 0.15) is 42.5 Å². The van der Waals surface area contributed by atoms with E-state index in [1.54, 1.807) is 31.3 Å². The molecule has 6 nitrogen and oxygen atoms in total. The van der Waals surface area contributed by atoms with Gasteiger partial charge in [0.25, 0.3) is 5.91 Å². The number of hydrogen-bond donors (Lipinski definition) is 1. The lowest BCUT2D eigenvalue weighted by atomic mass is 10.0. The Kier molecular flexibility index (Phi) is 4.55. The summed E-state index contributed by atoms with van der Waals surface area (Å²) in [4.78, 5) is 14.4. The lowest BCUT2D eigenvalue weighted by Gasteiger charge is -2.22. The van der Waals surface area contributed by atoms with Crippen LogP contribution >= 0.6 is 0 Å². The van der Waals surface area contributed by atoms with E-state index in [9.17, 15) is 13.2 Å². The van der Waals surface area contributed by atoms with Crippen LogP contribution in [0.2, 0.25) is 0 Å². The van der Waals surface area contributed by atoms with E-state index in [-0.39, 0.29) is 11.2 Å². The van der Waals surface area contributed by atoms with Gasteiger partial charge in [-0.1, -0.05) is 31.4 Å². The van der Waals surface area contributed by atoms with E-state index in [2.05, 4.69) is 4.72 Å². The lowest BCUT2D eigenvalue weighted by Crippen LogP contribution is -2.30. The van der Waals surface area contributed by atoms with Gasteiger partial charge in [-0.2, -0.15) is 0 Å². The van der Waals surface area contributed by atoms with Gasteiger partial charge in [-0.05, 0) is 43.2 Å². The number of carbonyl (C=O) groups excluding carboxylic acids is 1. The zero-order chi connectivity index (χ0) is 19.0. The predicted molar refractivity (Wildman–Crippen MR) is 105 cm³/mol. The Bertz CT molecular complexity index is 981. The number of amides is 1. The molecule has 1 heterocycles. The maximum absolute atomic E-state index is 12.9. The second-order valence-electron chi connectivity index (χ2n) is 7.05. The minimum atomic E-state index is -3.47. The van der Waals surface area contributed by atoms with Crippen LogP contribution in [-0.4, -0.2) is 26.6 Å². The highest BCUT2D eigenvalue weighted by molar-refractivity contribution is 7.93. The lowest BCUT2D eigenvalue weighted by molar-refractivity contribution is 0.0993. The maximum Gasteiger partial charge on any atom is 0.261 e. The average molecular weight is 386 g/mol. The van der Waals surface area contributed by atoms with Crippen LogP contribution in [-0.2, 0) is 10.0 Å². The van der Waals surface area contributed by atoms with E-state index < -0.39 is 10.0 Å². The van der Waals surface area contributed by atoms with E-state index in [1.165, 1.54) is 4.90 Å². The number of ether oxygens (including phenoxy) is 1. The number of nitrogens with one attached hydrogen (secondary N) is 1. The topological polar surface area (TPSA) is 75.7 Å². The molecule has 2 aromatic carbocycles. The van der Waals surface area contributed by atoms with Crippen molar-refractivity contribution in [2.45, 2.75) is 37.4 Å². The van der Waals surface area contributed by atoms with Crippen LogP contribution < -0.4 is 14.4 Å². The third-order valence-electron chi connectivity index (χ3n) is 5.21. The SMILES string of the molecule is CN1C(=O)c2cc(NS(=O)(=O)C3CCCCC3)ccc2Oc2ccccc21. The molecule has 7 heteroatoms. The van der Waals surface area contributed by atoms with Gasteiger partial charge in [0, 0.05) is 12.7 Å². The molecule has 0 spiro atoms. The molecule has 1 saturated carbocycles. The Morgan fingerprint density at radius 3 is 2.56 bits per heavy atom. The Morgan fingerprint density at radius 1 is 1.04 bits per heavy atom. The van der Waals surface area contributed by atoms with Crippen LogP contribution in [0, 0.1) is 0 Å². The first-order valence-electron chi connectivity index (χ1n) is 9.16. The molecule has 0 radical (unpaired) electrons. The highest BCUT2D eigenvalue weighted by Crippen LogP contribution is 2.39. The van der Waals surface area contributed by atoms with E-state index in [0.29, 0.717) is 41.3 Å². The number of anilines is 2. The molecule has 2 aromatic rings. The van der Waals surface area contributed by atoms with Gasteiger partial charge < -0.3 is 9.64 Å². The van der Waals surface area contributed by atoms with Gasteiger partial charge in [-0.25, -0.2) is 8.42 Å². The van der Waals surface area contributed by atoms with Gasteiger partial charge in [0.1, 0.15) is 5.75 Å². The molecule has 27 heavy (non-hydrogen) atoms. The van der Waals surface area contributed by atoms with Crippen LogP contribution in [0.25, 0.3) is 0 Å².